The summed E-state index contributed by atoms with van der Waals surface area (Å²) in [5.41, 5.74) is 1.54. The molecule has 9 heteroatoms. The second-order valence-electron chi connectivity index (χ2n) is 7.58. The molecule has 0 atom stereocenters. The van der Waals surface area contributed by atoms with Crippen LogP contribution in [-0.2, 0) is 20.0 Å². The average molecular weight is 438 g/mol. The number of rotatable bonds is 6. The Bertz CT molecular complexity index is 1040. The Morgan fingerprint density at radius 3 is 1.90 bits per heavy atom. The van der Waals surface area contributed by atoms with Gasteiger partial charge in [0.05, 0.1) is 9.79 Å². The highest BCUT2D eigenvalue weighted by molar-refractivity contribution is 7.92. The lowest BCUT2D eigenvalue weighted by atomic mass is 9.99. The number of hydrogen-bond acceptors (Lipinski definition) is 5. The maximum Gasteiger partial charge on any atom is 0.261 e. The van der Waals surface area contributed by atoms with E-state index in [9.17, 15) is 16.8 Å². The van der Waals surface area contributed by atoms with Crippen LogP contribution in [-0.4, -0.2) is 48.3 Å². The lowest BCUT2D eigenvalue weighted by molar-refractivity contribution is 0.438. The van der Waals surface area contributed by atoms with Gasteiger partial charge in [0.1, 0.15) is 0 Å². The van der Waals surface area contributed by atoms with Gasteiger partial charge in [-0.05, 0) is 67.3 Å². The van der Waals surface area contributed by atoms with E-state index in [2.05, 4.69) is 16.5 Å². The second kappa shape index (κ2) is 8.33. The molecule has 2 aromatic carbocycles. The molecule has 0 spiro atoms. The number of benzene rings is 2. The topological polar surface area (TPSA) is 86.8 Å². The minimum absolute atomic E-state index is 0.00398. The summed E-state index contributed by atoms with van der Waals surface area (Å²) in [6.45, 7) is 4.28. The van der Waals surface area contributed by atoms with Crippen molar-refractivity contribution >= 4 is 31.4 Å². The molecule has 0 bridgehead atoms. The van der Waals surface area contributed by atoms with E-state index >= 15 is 0 Å². The van der Waals surface area contributed by atoms with Gasteiger partial charge in [0.25, 0.3) is 10.0 Å². The third-order valence-electron chi connectivity index (χ3n) is 5.18. The van der Waals surface area contributed by atoms with Crippen molar-refractivity contribution in [3.8, 4) is 0 Å². The predicted octanol–water partition coefficient (Wildman–Crippen LogP) is 2.97. The fourth-order valence-electron chi connectivity index (χ4n) is 3.22. The van der Waals surface area contributed by atoms with E-state index < -0.39 is 20.0 Å². The normalized spacial score (nSPS) is 16.2. The Kier molecular flexibility index (Phi) is 6.21. The van der Waals surface area contributed by atoms with Gasteiger partial charge in [0.15, 0.2) is 0 Å². The predicted molar refractivity (Wildman–Crippen MR) is 115 cm³/mol. The van der Waals surface area contributed by atoms with Gasteiger partial charge in [-0.15, -0.1) is 0 Å². The van der Waals surface area contributed by atoms with Crippen LogP contribution in [0.15, 0.2) is 58.3 Å². The van der Waals surface area contributed by atoms with Crippen LogP contribution < -0.4 is 9.62 Å². The molecule has 0 radical (unpaired) electrons. The Morgan fingerprint density at radius 1 is 0.862 bits per heavy atom. The van der Waals surface area contributed by atoms with Gasteiger partial charge in [-0.25, -0.2) is 21.1 Å². The molecule has 0 amide bonds. The van der Waals surface area contributed by atoms with Crippen LogP contribution in [0.4, 0.5) is 11.4 Å². The minimum atomic E-state index is -3.81. The van der Waals surface area contributed by atoms with Crippen molar-refractivity contribution in [2.24, 2.45) is 5.92 Å². The molecule has 0 unspecified atom stereocenters. The molecule has 0 saturated carbocycles. The monoisotopic (exact) mass is 437 g/mol. The molecule has 2 aromatic rings. The van der Waals surface area contributed by atoms with Crippen LogP contribution in [0, 0.1) is 5.92 Å². The Balaban J connectivity index is 1.72. The molecular formula is C20H27N3O4S2. The van der Waals surface area contributed by atoms with Crippen LogP contribution in [0.25, 0.3) is 0 Å². The van der Waals surface area contributed by atoms with Crippen molar-refractivity contribution in [2.75, 3.05) is 36.8 Å². The van der Waals surface area contributed by atoms with E-state index in [0.29, 0.717) is 5.69 Å². The lowest BCUT2D eigenvalue weighted by Crippen LogP contribution is -2.32. The van der Waals surface area contributed by atoms with Crippen molar-refractivity contribution < 1.29 is 16.8 Å². The van der Waals surface area contributed by atoms with E-state index in [1.54, 1.807) is 12.1 Å². The number of nitrogens with one attached hydrogen (secondary N) is 1. The summed E-state index contributed by atoms with van der Waals surface area (Å²) in [6, 6.07) is 12.5. The van der Waals surface area contributed by atoms with Gasteiger partial charge in [0.2, 0.25) is 10.0 Å². The van der Waals surface area contributed by atoms with Crippen molar-refractivity contribution in [2.45, 2.75) is 29.6 Å². The molecule has 158 valence electrons. The van der Waals surface area contributed by atoms with Crippen LogP contribution in [0.1, 0.15) is 19.8 Å². The van der Waals surface area contributed by atoms with Crippen LogP contribution >= 0.6 is 0 Å². The van der Waals surface area contributed by atoms with Crippen molar-refractivity contribution in [1.29, 1.82) is 0 Å². The largest absolute Gasteiger partial charge is 0.372 e. The zero-order valence-electron chi connectivity index (χ0n) is 16.9. The molecule has 0 aliphatic carbocycles. The van der Waals surface area contributed by atoms with E-state index in [0.717, 1.165) is 41.8 Å². The van der Waals surface area contributed by atoms with Gasteiger partial charge < -0.3 is 4.90 Å². The summed E-state index contributed by atoms with van der Waals surface area (Å²) in [5, 5.41) is 0. The third-order valence-corrected chi connectivity index (χ3v) is 8.41. The quantitative estimate of drug-likeness (QED) is 0.751. The molecule has 1 aliphatic rings. The molecule has 3 rings (SSSR count). The lowest BCUT2D eigenvalue weighted by Gasteiger charge is -2.32. The first-order valence-electron chi connectivity index (χ1n) is 9.50. The molecule has 1 fully saturated rings. The highest BCUT2D eigenvalue weighted by Crippen LogP contribution is 2.25. The number of sulfonamides is 2. The number of hydrogen-bond donors (Lipinski definition) is 1. The van der Waals surface area contributed by atoms with Gasteiger partial charge in [-0.3, -0.25) is 4.72 Å². The molecule has 1 saturated heterocycles. The highest BCUT2D eigenvalue weighted by Gasteiger charge is 2.20. The highest BCUT2D eigenvalue weighted by atomic mass is 32.2. The van der Waals surface area contributed by atoms with Gasteiger partial charge in [0, 0.05) is 38.6 Å². The maximum atomic E-state index is 12.6. The molecule has 1 aliphatic heterocycles. The van der Waals surface area contributed by atoms with Crippen LogP contribution in [0.3, 0.4) is 0 Å². The minimum Gasteiger partial charge on any atom is -0.372 e. The van der Waals surface area contributed by atoms with Crippen LogP contribution in [0.5, 0.6) is 0 Å². The van der Waals surface area contributed by atoms with Crippen molar-refractivity contribution in [1.82, 2.24) is 4.31 Å². The van der Waals surface area contributed by atoms with Crippen LogP contribution in [0.2, 0.25) is 0 Å². The first kappa shape index (κ1) is 21.6. The van der Waals surface area contributed by atoms with Gasteiger partial charge in [-0.2, -0.15) is 0 Å². The van der Waals surface area contributed by atoms with Gasteiger partial charge >= 0.3 is 0 Å². The average Bonchev–Trinajstić information content (AvgIpc) is 2.69. The molecule has 7 nitrogen and oxygen atoms in total. The fourth-order valence-corrected chi connectivity index (χ4v) is 5.18. The molecule has 1 N–H and O–H groups in total. The number of nitrogens with zero attached hydrogens (tertiary/aromatic N) is 2. The zero-order chi connectivity index (χ0) is 21.2. The summed E-state index contributed by atoms with van der Waals surface area (Å²) < 4.78 is 53.1. The zero-order valence-corrected chi connectivity index (χ0v) is 18.5. The van der Waals surface area contributed by atoms with E-state index in [4.69, 9.17) is 0 Å². The maximum absolute atomic E-state index is 12.6. The van der Waals surface area contributed by atoms with E-state index in [1.165, 1.54) is 38.4 Å². The Morgan fingerprint density at radius 2 is 1.38 bits per heavy atom. The smallest absolute Gasteiger partial charge is 0.261 e. The molecular weight excluding hydrogens is 410 g/mol. The Labute approximate surface area is 173 Å². The summed E-state index contributed by atoms with van der Waals surface area (Å²) >= 11 is 0. The number of anilines is 2. The SMILES string of the molecule is CC1CCN(c2ccc(NS(=O)(=O)c3ccc(S(=O)(=O)N(C)C)cc3)cc2)CC1. The first-order chi connectivity index (χ1) is 13.6. The standard InChI is InChI=1S/C20H27N3O4S2/c1-16-12-14-23(15-13-16)18-6-4-17(5-7-18)21-28(24,25)19-8-10-20(11-9-19)29(26,27)22(2)3/h4-11,16,21H,12-15H2,1-3H3. The Hall–Kier alpha value is -2.10. The summed E-state index contributed by atoms with van der Waals surface area (Å²) in [4.78, 5) is 2.35. The molecule has 0 aromatic heterocycles. The fraction of sp³-hybridized carbons (Fsp3) is 0.400. The number of piperidine rings is 1. The first-order valence-corrected chi connectivity index (χ1v) is 12.4. The summed E-state index contributed by atoms with van der Waals surface area (Å²) in [6.07, 6.45) is 2.32. The van der Waals surface area contributed by atoms with Gasteiger partial charge in [-0.1, -0.05) is 6.92 Å². The second-order valence-corrected chi connectivity index (χ2v) is 11.4. The van der Waals surface area contributed by atoms with Crippen molar-refractivity contribution in [3.63, 3.8) is 0 Å². The van der Waals surface area contributed by atoms with E-state index in [1.807, 2.05) is 12.1 Å². The van der Waals surface area contributed by atoms with Crippen molar-refractivity contribution in [3.05, 3.63) is 48.5 Å². The van der Waals surface area contributed by atoms with E-state index in [-0.39, 0.29) is 9.79 Å². The molecule has 29 heavy (non-hydrogen) atoms. The summed E-state index contributed by atoms with van der Waals surface area (Å²) in [5.74, 6) is 0.747. The third kappa shape index (κ3) is 4.91. The summed E-state index contributed by atoms with van der Waals surface area (Å²) in [7, 11) is -4.56. The molecule has 1 heterocycles.